The highest BCUT2D eigenvalue weighted by Gasteiger charge is 2.87. The molecule has 0 spiro atoms. The molecule has 5 heteroatoms. The van der Waals surface area contributed by atoms with Gasteiger partial charge in [0.2, 0.25) is 5.60 Å². The van der Waals surface area contributed by atoms with Crippen LogP contribution in [0.25, 0.3) is 6.08 Å². The van der Waals surface area contributed by atoms with Crippen LogP contribution >= 0.6 is 0 Å². The summed E-state index contributed by atoms with van der Waals surface area (Å²) in [5.41, 5.74) is -5.20. The third-order valence-corrected chi connectivity index (χ3v) is 6.47. The number of hydrogen-bond donors (Lipinski definition) is 1. The topological polar surface area (TPSA) is 32.8 Å². The van der Waals surface area contributed by atoms with Crippen LogP contribution < -0.4 is 0 Å². The number of epoxide rings is 1. The molecule has 0 amide bonds. The van der Waals surface area contributed by atoms with E-state index < -0.39 is 23.0 Å². The van der Waals surface area contributed by atoms with Crippen molar-refractivity contribution >= 4 is 6.08 Å². The maximum Gasteiger partial charge on any atom is 0.424 e. The lowest BCUT2D eigenvalue weighted by Crippen LogP contribution is -2.52. The maximum absolute atomic E-state index is 14.8. The van der Waals surface area contributed by atoms with E-state index in [1.165, 1.54) is 6.08 Å². The molecule has 1 N–H and O–H groups in total. The van der Waals surface area contributed by atoms with Gasteiger partial charge in [0.15, 0.2) is 0 Å². The maximum atomic E-state index is 14.8. The number of halogens is 3. The van der Waals surface area contributed by atoms with E-state index in [2.05, 4.69) is 0 Å². The number of benzene rings is 3. The van der Waals surface area contributed by atoms with Gasteiger partial charge in [-0.25, -0.2) is 0 Å². The van der Waals surface area contributed by atoms with Gasteiger partial charge in [0.1, 0.15) is 11.2 Å². The average Bonchev–Trinajstić information content (AvgIpc) is 3.54. The lowest BCUT2D eigenvalue weighted by atomic mass is 9.67. The van der Waals surface area contributed by atoms with E-state index in [0.29, 0.717) is 29.5 Å². The third kappa shape index (κ3) is 3.79. The summed E-state index contributed by atoms with van der Waals surface area (Å²) < 4.78 is 50.2. The van der Waals surface area contributed by atoms with E-state index >= 15 is 0 Å². The van der Waals surface area contributed by atoms with E-state index in [-0.39, 0.29) is 6.42 Å². The minimum atomic E-state index is -4.73. The first-order valence-electron chi connectivity index (χ1n) is 11.2. The van der Waals surface area contributed by atoms with Crippen molar-refractivity contribution in [3.63, 3.8) is 0 Å². The summed E-state index contributed by atoms with van der Waals surface area (Å²) >= 11 is 0. The zero-order valence-electron chi connectivity index (χ0n) is 18.4. The van der Waals surface area contributed by atoms with Crippen LogP contribution in [0.15, 0.2) is 97.1 Å². The fourth-order valence-corrected chi connectivity index (χ4v) is 4.75. The Morgan fingerprint density at radius 1 is 0.818 bits per heavy atom. The van der Waals surface area contributed by atoms with Gasteiger partial charge in [0, 0.05) is 0 Å². The molecular weight excluding hydrogens is 425 g/mol. The molecule has 1 saturated heterocycles. The van der Waals surface area contributed by atoms with Crippen LogP contribution in [0.1, 0.15) is 42.9 Å². The fourth-order valence-electron chi connectivity index (χ4n) is 4.75. The zero-order valence-corrected chi connectivity index (χ0v) is 18.4. The molecule has 1 aliphatic rings. The second-order valence-corrected chi connectivity index (χ2v) is 8.45. The predicted octanol–water partition coefficient (Wildman–Crippen LogP) is 6.90. The molecule has 1 fully saturated rings. The molecule has 33 heavy (non-hydrogen) atoms. The van der Waals surface area contributed by atoms with Crippen LogP contribution in [0.3, 0.4) is 0 Å². The van der Waals surface area contributed by atoms with E-state index in [4.69, 9.17) is 4.74 Å². The Kier molecular flexibility index (Phi) is 6.21. The minimum absolute atomic E-state index is 0.0441. The average molecular weight is 453 g/mol. The van der Waals surface area contributed by atoms with E-state index in [0.717, 1.165) is 6.08 Å². The Hall–Kier alpha value is -2.89. The molecule has 0 aromatic heterocycles. The van der Waals surface area contributed by atoms with Gasteiger partial charge in [-0.3, -0.25) is 0 Å². The van der Waals surface area contributed by atoms with Crippen molar-refractivity contribution in [3.8, 4) is 0 Å². The van der Waals surface area contributed by atoms with Crippen molar-refractivity contribution in [2.75, 3.05) is 0 Å². The molecule has 4 rings (SSSR count). The van der Waals surface area contributed by atoms with Crippen molar-refractivity contribution in [3.05, 3.63) is 114 Å². The zero-order chi connectivity index (χ0) is 23.6. The SMILES string of the molecule is CCCC[C@@]1(C(O)(c2ccccc2)c2ccccc2)O[C@]1(/C=C/c1ccccc1)C(F)(F)F. The van der Waals surface area contributed by atoms with Crippen LogP contribution in [0.4, 0.5) is 13.2 Å². The Bertz CT molecular complexity index is 1040. The van der Waals surface area contributed by atoms with Gasteiger partial charge in [-0.15, -0.1) is 0 Å². The van der Waals surface area contributed by atoms with Crippen molar-refractivity contribution < 1.29 is 23.0 Å². The van der Waals surface area contributed by atoms with Crippen molar-refractivity contribution in [1.29, 1.82) is 0 Å². The summed E-state index contributed by atoms with van der Waals surface area (Å²) in [6.07, 6.45) is -1.04. The first-order chi connectivity index (χ1) is 15.8. The Morgan fingerprint density at radius 3 is 1.76 bits per heavy atom. The van der Waals surface area contributed by atoms with Crippen LogP contribution in [-0.4, -0.2) is 22.5 Å². The molecule has 1 heterocycles. The Morgan fingerprint density at radius 2 is 1.30 bits per heavy atom. The largest absolute Gasteiger partial charge is 0.424 e. The molecule has 0 radical (unpaired) electrons. The predicted molar refractivity (Wildman–Crippen MR) is 123 cm³/mol. The van der Waals surface area contributed by atoms with Gasteiger partial charge >= 0.3 is 6.18 Å². The normalized spacial score (nSPS) is 23.1. The molecule has 1 aliphatic heterocycles. The van der Waals surface area contributed by atoms with Crippen LogP contribution in [0.2, 0.25) is 0 Å². The van der Waals surface area contributed by atoms with E-state index in [1.54, 1.807) is 91.0 Å². The summed E-state index contributed by atoms with van der Waals surface area (Å²) in [6, 6.07) is 25.8. The molecule has 172 valence electrons. The third-order valence-electron chi connectivity index (χ3n) is 6.47. The second-order valence-electron chi connectivity index (χ2n) is 8.45. The number of ether oxygens (including phenoxy) is 1. The quantitative estimate of drug-likeness (QED) is 0.377. The van der Waals surface area contributed by atoms with Crippen molar-refractivity contribution in [2.24, 2.45) is 0 Å². The summed E-state index contributed by atoms with van der Waals surface area (Å²) in [7, 11) is 0. The summed E-state index contributed by atoms with van der Waals surface area (Å²) in [5, 5.41) is 12.3. The van der Waals surface area contributed by atoms with Gasteiger partial charge in [0.05, 0.1) is 0 Å². The molecule has 0 bridgehead atoms. The van der Waals surface area contributed by atoms with Crippen LogP contribution in [0, 0.1) is 0 Å². The van der Waals surface area contributed by atoms with Crippen molar-refractivity contribution in [1.82, 2.24) is 0 Å². The monoisotopic (exact) mass is 452 g/mol. The lowest BCUT2D eigenvalue weighted by molar-refractivity contribution is -0.172. The highest BCUT2D eigenvalue weighted by Crippen LogP contribution is 2.69. The molecule has 0 saturated carbocycles. The second kappa shape index (κ2) is 8.81. The highest BCUT2D eigenvalue weighted by molar-refractivity contribution is 5.56. The molecular formula is C28H27F3O2. The van der Waals surface area contributed by atoms with Gasteiger partial charge in [0.25, 0.3) is 0 Å². The van der Waals surface area contributed by atoms with Crippen molar-refractivity contribution in [2.45, 2.75) is 49.2 Å². The number of hydrogen-bond acceptors (Lipinski definition) is 2. The molecule has 3 aromatic rings. The van der Waals surface area contributed by atoms with Gasteiger partial charge in [-0.1, -0.05) is 117 Å². The Balaban J connectivity index is 1.94. The summed E-state index contributed by atoms with van der Waals surface area (Å²) in [4.78, 5) is 0. The standard InChI is InChI=1S/C28H27F3O2/c1-2-3-20-25(26(33-25,28(29,30)31)21-19-22-13-7-4-8-14-22)27(32,23-15-9-5-10-16-23)24-17-11-6-12-18-24/h4-19,21,32H,2-3,20H2,1H3/b21-19+/t25-,26+/m1/s1. The van der Waals surface area contributed by atoms with E-state index in [9.17, 15) is 18.3 Å². The fraction of sp³-hybridized carbons (Fsp3) is 0.286. The number of alkyl halides is 3. The number of aliphatic hydroxyl groups is 1. The number of rotatable bonds is 8. The van der Waals surface area contributed by atoms with Gasteiger partial charge < -0.3 is 9.84 Å². The number of unbranched alkanes of at least 4 members (excludes halogenated alkanes) is 1. The molecule has 2 nitrogen and oxygen atoms in total. The minimum Gasteiger partial charge on any atom is -0.377 e. The van der Waals surface area contributed by atoms with Gasteiger partial charge in [-0.2, -0.15) is 13.2 Å². The lowest BCUT2D eigenvalue weighted by Gasteiger charge is -2.38. The Labute approximate surface area is 192 Å². The molecule has 0 aliphatic carbocycles. The summed E-state index contributed by atoms with van der Waals surface area (Å²) in [5.74, 6) is 0. The van der Waals surface area contributed by atoms with Gasteiger partial charge in [-0.05, 0) is 29.2 Å². The highest BCUT2D eigenvalue weighted by atomic mass is 19.4. The first kappa shape index (κ1) is 23.3. The van der Waals surface area contributed by atoms with E-state index in [1.807, 2.05) is 6.92 Å². The van der Waals surface area contributed by atoms with Crippen LogP contribution in [0.5, 0.6) is 0 Å². The molecule has 0 unspecified atom stereocenters. The first-order valence-corrected chi connectivity index (χ1v) is 11.2. The molecule has 2 atom stereocenters. The smallest absolute Gasteiger partial charge is 0.377 e. The molecule has 3 aromatic carbocycles. The van der Waals surface area contributed by atoms with Crippen LogP contribution in [-0.2, 0) is 10.3 Å². The summed E-state index contributed by atoms with van der Waals surface area (Å²) in [6.45, 7) is 1.91.